The summed E-state index contributed by atoms with van der Waals surface area (Å²) in [6.45, 7) is 2.54. The maximum atomic E-state index is 12.8. The molecule has 0 saturated heterocycles. The number of nitrogens with zero attached hydrogens (tertiary/aromatic N) is 1. The van der Waals surface area contributed by atoms with E-state index in [1.165, 1.54) is 12.1 Å². The summed E-state index contributed by atoms with van der Waals surface area (Å²) in [5.41, 5.74) is 2.23. The number of fused-ring (bicyclic) bond motifs is 1. The van der Waals surface area contributed by atoms with Crippen LogP contribution in [0.5, 0.6) is 5.75 Å². The van der Waals surface area contributed by atoms with Gasteiger partial charge >= 0.3 is 0 Å². The first-order valence-electron chi connectivity index (χ1n) is 8.16. The highest BCUT2D eigenvalue weighted by Gasteiger charge is 2.16. The van der Waals surface area contributed by atoms with Gasteiger partial charge in [0.25, 0.3) is 0 Å². The van der Waals surface area contributed by atoms with Crippen LogP contribution in [0.1, 0.15) is 35.7 Å². The minimum absolute atomic E-state index is 0.0551. The molecule has 124 valence electrons. The second kappa shape index (κ2) is 6.89. The Hall–Kier alpha value is -2.59. The van der Waals surface area contributed by atoms with E-state index in [9.17, 15) is 15.0 Å². The first-order valence-corrected chi connectivity index (χ1v) is 8.16. The van der Waals surface area contributed by atoms with Crippen molar-refractivity contribution in [3.8, 4) is 5.75 Å². The smallest absolute Gasteiger partial charge is 0.195 e. The fourth-order valence-electron chi connectivity index (χ4n) is 2.94. The zero-order chi connectivity index (χ0) is 17.1. The maximum absolute atomic E-state index is 12.8. The number of aryl methyl sites for hydroxylation is 1. The summed E-state index contributed by atoms with van der Waals surface area (Å²) in [4.78, 5) is 12.8. The molecule has 3 aromatic rings. The minimum atomic E-state index is -0.315. The molecule has 2 N–H and O–H groups in total. The summed E-state index contributed by atoms with van der Waals surface area (Å²) in [5, 5.41) is 19.7. The molecule has 0 amide bonds. The van der Waals surface area contributed by atoms with Crippen LogP contribution in [0.25, 0.3) is 10.9 Å². The number of aromatic nitrogens is 1. The highest BCUT2D eigenvalue weighted by Crippen LogP contribution is 2.25. The molecule has 1 atom stereocenters. The van der Waals surface area contributed by atoms with Crippen LogP contribution in [0.2, 0.25) is 0 Å². The number of phenolic OH excluding ortho intramolecular Hbond substituents is 1. The molecule has 0 bridgehead atoms. The molecule has 4 nitrogen and oxygen atoms in total. The molecule has 2 aromatic carbocycles. The summed E-state index contributed by atoms with van der Waals surface area (Å²) in [6.07, 6.45) is 3.16. The molecule has 3 rings (SSSR count). The molecule has 1 aromatic heterocycles. The number of hydrogen-bond acceptors (Lipinski definition) is 3. The molecular formula is C20H21NO3. The SMILES string of the molecule is CC(O)CCCn1cc(C(=O)c2ccc(O)cc2)c2ccccc21. The third kappa shape index (κ3) is 3.34. The van der Waals surface area contributed by atoms with E-state index in [0.717, 1.165) is 30.3 Å². The van der Waals surface area contributed by atoms with Crippen LogP contribution >= 0.6 is 0 Å². The number of phenols is 1. The number of carbonyl (C=O) groups excluding carboxylic acids is 1. The lowest BCUT2D eigenvalue weighted by atomic mass is 10.0. The van der Waals surface area contributed by atoms with Crippen LogP contribution < -0.4 is 0 Å². The number of benzene rings is 2. The van der Waals surface area contributed by atoms with Crippen LogP contribution in [0.4, 0.5) is 0 Å². The molecule has 0 spiro atoms. The second-order valence-electron chi connectivity index (χ2n) is 6.12. The fraction of sp³-hybridized carbons (Fsp3) is 0.250. The van der Waals surface area contributed by atoms with Gasteiger partial charge in [0.05, 0.1) is 6.10 Å². The van der Waals surface area contributed by atoms with Crippen LogP contribution in [-0.2, 0) is 6.54 Å². The third-order valence-electron chi connectivity index (χ3n) is 4.18. The Morgan fingerprint density at radius 2 is 1.83 bits per heavy atom. The van der Waals surface area contributed by atoms with Crippen LogP contribution in [0.3, 0.4) is 0 Å². The van der Waals surface area contributed by atoms with Gasteiger partial charge in [-0.1, -0.05) is 18.2 Å². The van der Waals surface area contributed by atoms with Gasteiger partial charge in [0.1, 0.15) is 5.75 Å². The Labute approximate surface area is 141 Å². The zero-order valence-corrected chi connectivity index (χ0v) is 13.6. The first kappa shape index (κ1) is 16.3. The van der Waals surface area contributed by atoms with Gasteiger partial charge in [0.2, 0.25) is 0 Å². The van der Waals surface area contributed by atoms with Crippen molar-refractivity contribution in [1.82, 2.24) is 4.57 Å². The van der Waals surface area contributed by atoms with Crippen molar-refractivity contribution in [2.75, 3.05) is 0 Å². The molecule has 0 aliphatic rings. The number of aromatic hydroxyl groups is 1. The summed E-state index contributed by atoms with van der Waals surface area (Å²) in [7, 11) is 0. The molecule has 4 heteroatoms. The topological polar surface area (TPSA) is 62.5 Å². The van der Waals surface area contributed by atoms with Crippen molar-refractivity contribution in [2.24, 2.45) is 0 Å². The predicted molar refractivity (Wildman–Crippen MR) is 94.4 cm³/mol. The Morgan fingerprint density at radius 1 is 1.12 bits per heavy atom. The fourth-order valence-corrected chi connectivity index (χ4v) is 2.94. The van der Waals surface area contributed by atoms with E-state index in [2.05, 4.69) is 4.57 Å². The summed E-state index contributed by atoms with van der Waals surface area (Å²) >= 11 is 0. The van der Waals surface area contributed by atoms with Crippen molar-refractivity contribution >= 4 is 16.7 Å². The number of para-hydroxylation sites is 1. The van der Waals surface area contributed by atoms with Gasteiger partial charge in [-0.15, -0.1) is 0 Å². The number of aliphatic hydroxyl groups excluding tert-OH is 1. The van der Waals surface area contributed by atoms with Crippen molar-refractivity contribution in [3.63, 3.8) is 0 Å². The summed E-state index contributed by atoms with van der Waals surface area (Å²) in [5.74, 6) is 0.0903. The number of aliphatic hydroxyl groups is 1. The van der Waals surface area contributed by atoms with Gasteiger partial charge in [0.15, 0.2) is 5.78 Å². The molecule has 0 saturated carbocycles. The number of carbonyl (C=O) groups is 1. The summed E-state index contributed by atoms with van der Waals surface area (Å²) < 4.78 is 2.07. The number of rotatable bonds is 6. The van der Waals surface area contributed by atoms with E-state index >= 15 is 0 Å². The standard InChI is InChI=1S/C20H21NO3/c1-14(22)5-4-12-21-13-18(17-6-2-3-7-19(17)21)20(24)15-8-10-16(23)11-9-15/h2-3,6-11,13-14,22-23H,4-5,12H2,1H3. The van der Waals surface area contributed by atoms with E-state index < -0.39 is 0 Å². The quantitative estimate of drug-likeness (QED) is 0.679. The van der Waals surface area contributed by atoms with Crippen molar-refractivity contribution in [2.45, 2.75) is 32.4 Å². The number of hydrogen-bond donors (Lipinski definition) is 2. The van der Waals surface area contributed by atoms with E-state index in [1.54, 1.807) is 19.1 Å². The van der Waals surface area contributed by atoms with Gasteiger partial charge in [-0.2, -0.15) is 0 Å². The monoisotopic (exact) mass is 323 g/mol. The van der Waals surface area contributed by atoms with Gasteiger partial charge in [-0.3, -0.25) is 4.79 Å². The van der Waals surface area contributed by atoms with Gasteiger partial charge in [0, 0.05) is 34.8 Å². The Morgan fingerprint density at radius 3 is 2.54 bits per heavy atom. The van der Waals surface area contributed by atoms with Crippen LogP contribution in [0, 0.1) is 0 Å². The molecule has 0 fully saturated rings. The lowest BCUT2D eigenvalue weighted by molar-refractivity contribution is 0.104. The Bertz CT molecular complexity index is 847. The van der Waals surface area contributed by atoms with Crippen LogP contribution in [-0.4, -0.2) is 26.7 Å². The molecule has 0 radical (unpaired) electrons. The van der Waals surface area contributed by atoms with Gasteiger partial charge in [-0.25, -0.2) is 0 Å². The summed E-state index contributed by atoms with van der Waals surface area (Å²) in [6, 6.07) is 14.2. The van der Waals surface area contributed by atoms with Crippen molar-refractivity contribution in [3.05, 3.63) is 65.9 Å². The maximum Gasteiger partial charge on any atom is 0.195 e. The molecular weight excluding hydrogens is 302 g/mol. The largest absolute Gasteiger partial charge is 0.508 e. The molecule has 0 aliphatic heterocycles. The average Bonchev–Trinajstić information content (AvgIpc) is 2.94. The molecule has 0 aliphatic carbocycles. The Balaban J connectivity index is 1.95. The minimum Gasteiger partial charge on any atom is -0.508 e. The first-order chi connectivity index (χ1) is 11.6. The van der Waals surface area contributed by atoms with Gasteiger partial charge < -0.3 is 14.8 Å². The molecule has 24 heavy (non-hydrogen) atoms. The van der Waals surface area contributed by atoms with E-state index in [0.29, 0.717) is 11.1 Å². The van der Waals surface area contributed by atoms with E-state index in [1.807, 2.05) is 30.5 Å². The van der Waals surface area contributed by atoms with E-state index in [4.69, 9.17) is 0 Å². The Kier molecular flexibility index (Phi) is 4.67. The van der Waals surface area contributed by atoms with E-state index in [-0.39, 0.29) is 17.6 Å². The van der Waals surface area contributed by atoms with Crippen molar-refractivity contribution in [1.29, 1.82) is 0 Å². The van der Waals surface area contributed by atoms with Crippen molar-refractivity contribution < 1.29 is 15.0 Å². The lowest BCUT2D eigenvalue weighted by Crippen LogP contribution is -2.04. The predicted octanol–water partition coefficient (Wildman–Crippen LogP) is 3.74. The lowest BCUT2D eigenvalue weighted by Gasteiger charge is -2.06. The third-order valence-corrected chi connectivity index (χ3v) is 4.18. The second-order valence-corrected chi connectivity index (χ2v) is 6.12. The molecule has 1 heterocycles. The van der Waals surface area contributed by atoms with Crippen LogP contribution in [0.15, 0.2) is 54.7 Å². The number of ketones is 1. The molecule has 1 unspecified atom stereocenters. The highest BCUT2D eigenvalue weighted by molar-refractivity contribution is 6.16. The highest BCUT2D eigenvalue weighted by atomic mass is 16.3. The average molecular weight is 323 g/mol. The van der Waals surface area contributed by atoms with Gasteiger partial charge in [-0.05, 0) is 50.1 Å². The zero-order valence-electron chi connectivity index (χ0n) is 13.6. The normalized spacial score (nSPS) is 12.4.